The Labute approximate surface area is 173 Å². The topological polar surface area (TPSA) is 62.1 Å². The molecule has 0 unspecified atom stereocenters. The van der Waals surface area contributed by atoms with E-state index < -0.39 is 17.6 Å². The van der Waals surface area contributed by atoms with Crippen molar-refractivity contribution in [3.63, 3.8) is 0 Å². The minimum atomic E-state index is -4.53. The van der Waals surface area contributed by atoms with Gasteiger partial charge in [-0.05, 0) is 64.6 Å². The summed E-state index contributed by atoms with van der Waals surface area (Å²) in [7, 11) is 0. The minimum absolute atomic E-state index is 0.0615. The van der Waals surface area contributed by atoms with Crippen LogP contribution >= 0.6 is 22.6 Å². The highest BCUT2D eigenvalue weighted by atomic mass is 127. The van der Waals surface area contributed by atoms with Crippen molar-refractivity contribution >= 4 is 40.3 Å². The fourth-order valence-corrected chi connectivity index (χ4v) is 2.83. The van der Waals surface area contributed by atoms with E-state index in [2.05, 4.69) is 11.2 Å². The summed E-state index contributed by atoms with van der Waals surface area (Å²) in [4.78, 5) is 12.3. The standard InChI is InChI=1S/C20H12F3IN2O2/c1-2-8-28-18-7-6-13(10-17(18)24)9-14(12-25)19(27)26-16-5-3-4-15(11-16)20(21,22)23/h1,3-7,9-11H,8H2,(H,26,27)/b14-9-. The van der Waals surface area contributed by atoms with Crippen LogP contribution in [0.4, 0.5) is 18.9 Å². The van der Waals surface area contributed by atoms with Gasteiger partial charge in [0.2, 0.25) is 0 Å². The molecule has 0 aliphatic heterocycles. The van der Waals surface area contributed by atoms with Crippen LogP contribution < -0.4 is 10.1 Å². The van der Waals surface area contributed by atoms with Crippen LogP contribution in [0.5, 0.6) is 5.75 Å². The molecule has 0 fully saturated rings. The van der Waals surface area contributed by atoms with Crippen molar-refractivity contribution in [1.82, 2.24) is 0 Å². The smallest absolute Gasteiger partial charge is 0.416 e. The van der Waals surface area contributed by atoms with Crippen LogP contribution in [-0.4, -0.2) is 12.5 Å². The molecule has 2 aromatic rings. The van der Waals surface area contributed by atoms with Crippen molar-refractivity contribution in [2.24, 2.45) is 0 Å². The fraction of sp³-hybridized carbons (Fsp3) is 0.100. The fourth-order valence-electron chi connectivity index (χ4n) is 2.13. The zero-order valence-corrected chi connectivity index (χ0v) is 16.3. The molecule has 0 spiro atoms. The van der Waals surface area contributed by atoms with E-state index in [1.165, 1.54) is 18.2 Å². The molecule has 0 aromatic heterocycles. The van der Waals surface area contributed by atoms with Crippen molar-refractivity contribution in [3.8, 4) is 24.2 Å². The van der Waals surface area contributed by atoms with Gasteiger partial charge in [0.15, 0.2) is 0 Å². The number of hydrogen-bond donors (Lipinski definition) is 1. The van der Waals surface area contributed by atoms with E-state index in [0.717, 1.165) is 15.7 Å². The van der Waals surface area contributed by atoms with Crippen molar-refractivity contribution in [1.29, 1.82) is 5.26 Å². The molecule has 4 nitrogen and oxygen atoms in total. The molecular weight excluding hydrogens is 484 g/mol. The zero-order valence-electron chi connectivity index (χ0n) is 14.2. The van der Waals surface area contributed by atoms with Gasteiger partial charge in [-0.3, -0.25) is 4.79 Å². The SMILES string of the molecule is C#CCOc1ccc(/C=C(/C#N)C(=O)Nc2cccc(C(F)(F)F)c2)cc1I. The molecule has 0 aliphatic carbocycles. The van der Waals surface area contributed by atoms with Gasteiger partial charge in [-0.2, -0.15) is 18.4 Å². The lowest BCUT2D eigenvalue weighted by Gasteiger charge is -2.10. The number of alkyl halides is 3. The van der Waals surface area contributed by atoms with Gasteiger partial charge in [0.05, 0.1) is 9.13 Å². The first-order valence-corrected chi connectivity index (χ1v) is 8.78. The van der Waals surface area contributed by atoms with Crippen LogP contribution in [0.2, 0.25) is 0 Å². The van der Waals surface area contributed by atoms with Gasteiger partial charge in [-0.15, -0.1) is 6.42 Å². The van der Waals surface area contributed by atoms with Crippen LogP contribution in [-0.2, 0) is 11.0 Å². The monoisotopic (exact) mass is 496 g/mol. The quantitative estimate of drug-likeness (QED) is 0.278. The van der Waals surface area contributed by atoms with Crippen molar-refractivity contribution in [2.45, 2.75) is 6.18 Å². The van der Waals surface area contributed by atoms with E-state index in [1.54, 1.807) is 24.3 Å². The highest BCUT2D eigenvalue weighted by Crippen LogP contribution is 2.30. The second-order valence-corrected chi connectivity index (χ2v) is 6.55. The molecule has 2 aromatic carbocycles. The molecule has 0 radical (unpaired) electrons. The van der Waals surface area contributed by atoms with Gasteiger partial charge in [0.1, 0.15) is 24.0 Å². The van der Waals surface area contributed by atoms with Gasteiger partial charge in [0.25, 0.3) is 5.91 Å². The lowest BCUT2D eigenvalue weighted by atomic mass is 10.1. The molecule has 8 heteroatoms. The third kappa shape index (κ3) is 5.76. The first-order chi connectivity index (χ1) is 13.2. The van der Waals surface area contributed by atoms with Gasteiger partial charge >= 0.3 is 6.18 Å². The Morgan fingerprint density at radius 1 is 1.29 bits per heavy atom. The average molecular weight is 496 g/mol. The largest absolute Gasteiger partial charge is 0.480 e. The molecule has 0 heterocycles. The number of terminal acetylenes is 1. The van der Waals surface area contributed by atoms with E-state index >= 15 is 0 Å². The number of nitrogens with one attached hydrogen (secondary N) is 1. The molecule has 142 valence electrons. The van der Waals surface area contributed by atoms with Crippen LogP contribution in [0.3, 0.4) is 0 Å². The van der Waals surface area contributed by atoms with E-state index in [-0.39, 0.29) is 17.9 Å². The predicted octanol–water partition coefficient (Wildman–Crippen LogP) is 4.87. The normalized spacial score (nSPS) is 11.3. The van der Waals surface area contributed by atoms with Crippen molar-refractivity contribution in [3.05, 3.63) is 62.7 Å². The maximum Gasteiger partial charge on any atom is 0.416 e. The number of rotatable bonds is 5. The number of carbonyl (C=O) groups excluding carboxylic acids is 1. The molecule has 1 amide bonds. The number of anilines is 1. The van der Waals surface area contributed by atoms with Crippen LogP contribution in [0, 0.1) is 27.2 Å². The molecule has 28 heavy (non-hydrogen) atoms. The Hall–Kier alpha value is -2.98. The van der Waals surface area contributed by atoms with Crippen LogP contribution in [0.1, 0.15) is 11.1 Å². The number of amides is 1. The molecule has 0 bridgehead atoms. The Kier molecular flexibility index (Phi) is 7.07. The number of benzene rings is 2. The molecular formula is C20H12F3IN2O2. The highest BCUT2D eigenvalue weighted by molar-refractivity contribution is 14.1. The molecule has 0 atom stereocenters. The van der Waals surface area contributed by atoms with E-state index in [9.17, 15) is 23.2 Å². The zero-order chi connectivity index (χ0) is 20.7. The molecule has 0 saturated carbocycles. The van der Waals surface area contributed by atoms with E-state index in [0.29, 0.717) is 11.3 Å². The van der Waals surface area contributed by atoms with E-state index in [1.807, 2.05) is 22.6 Å². The summed E-state index contributed by atoms with van der Waals surface area (Å²) in [6.07, 6.45) is 1.94. The predicted molar refractivity (Wildman–Crippen MR) is 107 cm³/mol. The van der Waals surface area contributed by atoms with Gasteiger partial charge < -0.3 is 10.1 Å². The molecule has 2 rings (SSSR count). The molecule has 0 saturated heterocycles. The molecule has 0 aliphatic rings. The number of nitriles is 1. The maximum absolute atomic E-state index is 12.8. The van der Waals surface area contributed by atoms with Gasteiger partial charge in [-0.25, -0.2) is 0 Å². The number of halogens is 4. The number of nitrogens with zero attached hydrogens (tertiary/aromatic N) is 1. The Morgan fingerprint density at radius 2 is 2.04 bits per heavy atom. The second kappa shape index (κ2) is 9.29. The Balaban J connectivity index is 2.21. The summed E-state index contributed by atoms with van der Waals surface area (Å²) < 4.78 is 44.4. The minimum Gasteiger partial charge on any atom is -0.480 e. The van der Waals surface area contributed by atoms with Crippen LogP contribution in [0.25, 0.3) is 6.08 Å². The summed E-state index contributed by atoms with van der Waals surface area (Å²) in [6.45, 7) is 0.105. The second-order valence-electron chi connectivity index (χ2n) is 5.39. The number of hydrogen-bond acceptors (Lipinski definition) is 3. The summed E-state index contributed by atoms with van der Waals surface area (Å²) in [5.74, 6) is 2.09. The third-order valence-corrected chi connectivity index (χ3v) is 4.23. The molecule has 1 N–H and O–H groups in total. The lowest BCUT2D eigenvalue weighted by Crippen LogP contribution is -2.14. The van der Waals surface area contributed by atoms with Gasteiger partial charge in [-0.1, -0.05) is 18.1 Å². The Morgan fingerprint density at radius 3 is 2.64 bits per heavy atom. The Bertz CT molecular complexity index is 1000. The van der Waals surface area contributed by atoms with E-state index in [4.69, 9.17) is 11.2 Å². The first-order valence-electron chi connectivity index (χ1n) is 7.71. The summed E-state index contributed by atoms with van der Waals surface area (Å²) in [6, 6.07) is 10.9. The van der Waals surface area contributed by atoms with Crippen LogP contribution in [0.15, 0.2) is 48.0 Å². The van der Waals surface area contributed by atoms with Crippen molar-refractivity contribution < 1.29 is 22.7 Å². The summed E-state index contributed by atoms with van der Waals surface area (Å²) in [5.41, 5.74) is -0.669. The van der Waals surface area contributed by atoms with Gasteiger partial charge in [0, 0.05) is 5.69 Å². The number of ether oxygens (including phenoxy) is 1. The maximum atomic E-state index is 12.8. The average Bonchev–Trinajstić information content (AvgIpc) is 2.65. The van der Waals surface area contributed by atoms with Crippen molar-refractivity contribution in [2.75, 3.05) is 11.9 Å². The summed E-state index contributed by atoms with van der Waals surface area (Å²) in [5, 5.41) is 11.6. The first kappa shape index (κ1) is 21.3. The third-order valence-electron chi connectivity index (χ3n) is 3.39. The highest BCUT2D eigenvalue weighted by Gasteiger charge is 2.30. The number of carbonyl (C=O) groups is 1. The lowest BCUT2D eigenvalue weighted by molar-refractivity contribution is -0.137. The summed E-state index contributed by atoms with van der Waals surface area (Å²) >= 11 is 2.02.